The molecule has 6 nitrogen and oxygen atoms in total. The van der Waals surface area contributed by atoms with Crippen LogP contribution in [0.25, 0.3) is 0 Å². The number of carbonyl (C=O) groups is 1. The van der Waals surface area contributed by atoms with E-state index in [1.807, 2.05) is 0 Å². The highest BCUT2D eigenvalue weighted by molar-refractivity contribution is 5.72. The summed E-state index contributed by atoms with van der Waals surface area (Å²) in [4.78, 5) is 10.7. The molecule has 0 spiro atoms. The smallest absolute Gasteiger partial charge is 0.216 e. The van der Waals surface area contributed by atoms with E-state index in [0.29, 0.717) is 6.42 Å². The van der Waals surface area contributed by atoms with Gasteiger partial charge in [0.2, 0.25) is 5.91 Å². The Hall–Kier alpha value is -0.690. The minimum atomic E-state index is -0.710. The zero-order valence-electron chi connectivity index (χ0n) is 15.8. The average molecular weight is 362 g/mol. The number of nitrogens with one attached hydrogen (secondary N) is 1. The lowest BCUT2D eigenvalue weighted by Gasteiger charge is -2.16. The molecule has 150 valence electrons. The van der Waals surface area contributed by atoms with Gasteiger partial charge < -0.3 is 25.7 Å². The molecular weight excluding hydrogens is 322 g/mol. The van der Waals surface area contributed by atoms with E-state index in [9.17, 15) is 20.1 Å². The van der Waals surface area contributed by atoms with Crippen LogP contribution < -0.4 is 5.32 Å². The van der Waals surface area contributed by atoms with Crippen molar-refractivity contribution < 1.29 is 25.2 Å². The van der Waals surface area contributed by atoms with Gasteiger partial charge in [0.15, 0.2) is 0 Å². The Bertz CT molecular complexity index is 314. The Morgan fingerprint density at radius 1 is 0.760 bits per heavy atom. The monoisotopic (exact) mass is 361 g/mol. The van der Waals surface area contributed by atoms with Crippen LogP contribution in [0.5, 0.6) is 0 Å². The van der Waals surface area contributed by atoms with Crippen molar-refractivity contribution in [2.45, 2.75) is 102 Å². The number of aliphatic hydroxyl groups is 4. The third kappa shape index (κ3) is 17.9. The minimum absolute atomic E-state index is 0.179. The van der Waals surface area contributed by atoms with E-state index in [-0.39, 0.29) is 31.6 Å². The number of amides is 1. The maximum atomic E-state index is 10.7. The van der Waals surface area contributed by atoms with Crippen LogP contribution in [0.4, 0.5) is 0 Å². The molecule has 6 heteroatoms. The fraction of sp³-hybridized carbons (Fsp3) is 0.947. The minimum Gasteiger partial charge on any atom is -0.396 e. The first kappa shape index (κ1) is 24.3. The number of aliphatic hydroxyl groups excluding tert-OH is 4. The molecule has 0 fully saturated rings. The molecule has 0 rings (SSSR count). The third-order valence-electron chi connectivity index (χ3n) is 4.40. The van der Waals surface area contributed by atoms with Crippen LogP contribution in [0.15, 0.2) is 0 Å². The molecule has 0 saturated carbocycles. The lowest BCUT2D eigenvalue weighted by Crippen LogP contribution is -2.32. The largest absolute Gasteiger partial charge is 0.396 e. The Kier molecular flexibility index (Phi) is 16.3. The van der Waals surface area contributed by atoms with Crippen LogP contribution in [-0.4, -0.2) is 57.8 Å². The van der Waals surface area contributed by atoms with Gasteiger partial charge in [0, 0.05) is 26.5 Å². The quantitative estimate of drug-likeness (QED) is 0.254. The van der Waals surface area contributed by atoms with Gasteiger partial charge in [-0.05, 0) is 25.7 Å². The van der Waals surface area contributed by atoms with Crippen molar-refractivity contribution in [1.82, 2.24) is 5.32 Å². The highest BCUT2D eigenvalue weighted by Crippen LogP contribution is 2.14. The average Bonchev–Trinajstić information content (AvgIpc) is 2.55. The zero-order valence-corrected chi connectivity index (χ0v) is 15.8. The molecular formula is C19H39NO5. The second-order valence-corrected chi connectivity index (χ2v) is 7.05. The number of hydrogen-bond donors (Lipinski definition) is 5. The fourth-order valence-electron chi connectivity index (χ4n) is 2.88. The summed E-state index contributed by atoms with van der Waals surface area (Å²) < 4.78 is 0. The number of rotatable bonds is 17. The van der Waals surface area contributed by atoms with Gasteiger partial charge in [0.05, 0.1) is 18.3 Å². The summed E-state index contributed by atoms with van der Waals surface area (Å²) in [6.07, 6.45) is 9.08. The van der Waals surface area contributed by atoms with E-state index in [1.54, 1.807) is 0 Å². The molecule has 0 aromatic carbocycles. The van der Waals surface area contributed by atoms with Crippen LogP contribution >= 0.6 is 0 Å². The van der Waals surface area contributed by atoms with Crippen LogP contribution in [-0.2, 0) is 4.79 Å². The molecule has 3 unspecified atom stereocenters. The normalized spacial score (nSPS) is 14.9. The summed E-state index contributed by atoms with van der Waals surface area (Å²) in [6.45, 7) is 1.85. The van der Waals surface area contributed by atoms with Crippen molar-refractivity contribution in [2.75, 3.05) is 13.2 Å². The molecule has 0 aliphatic carbocycles. The van der Waals surface area contributed by atoms with E-state index in [1.165, 1.54) is 6.92 Å². The molecule has 25 heavy (non-hydrogen) atoms. The van der Waals surface area contributed by atoms with E-state index in [0.717, 1.165) is 64.2 Å². The third-order valence-corrected chi connectivity index (χ3v) is 4.40. The standard InChI is InChI=1S/C19H39NO5/c1-16(22)20-15-19(25)14-18(24)12-8-5-7-11-17(23)10-6-3-2-4-9-13-21/h17-19,21,23-25H,2-15H2,1H3,(H,20,22). The first-order chi connectivity index (χ1) is 12.0. The Labute approximate surface area is 152 Å². The fourth-order valence-corrected chi connectivity index (χ4v) is 2.88. The number of unbranched alkanes of at least 4 members (excludes halogenated alkanes) is 6. The second-order valence-electron chi connectivity index (χ2n) is 7.05. The van der Waals surface area contributed by atoms with Crippen LogP contribution in [0.2, 0.25) is 0 Å². The predicted octanol–water partition coefficient (Wildman–Crippen LogP) is 1.88. The maximum absolute atomic E-state index is 10.7. The van der Waals surface area contributed by atoms with Gasteiger partial charge in [0.1, 0.15) is 0 Å². The van der Waals surface area contributed by atoms with Crippen LogP contribution in [0, 0.1) is 0 Å². The first-order valence-electron chi connectivity index (χ1n) is 9.85. The summed E-state index contributed by atoms with van der Waals surface area (Å²) >= 11 is 0. The molecule has 5 N–H and O–H groups in total. The van der Waals surface area contributed by atoms with Gasteiger partial charge in [-0.3, -0.25) is 4.79 Å². The molecule has 0 aliphatic rings. The van der Waals surface area contributed by atoms with Crippen molar-refractivity contribution in [1.29, 1.82) is 0 Å². The van der Waals surface area contributed by atoms with Gasteiger partial charge in [-0.25, -0.2) is 0 Å². The number of carbonyl (C=O) groups excluding carboxylic acids is 1. The predicted molar refractivity (Wildman–Crippen MR) is 99.2 cm³/mol. The summed E-state index contributed by atoms with van der Waals surface area (Å²) in [5, 5.41) is 40.7. The van der Waals surface area contributed by atoms with E-state index in [4.69, 9.17) is 5.11 Å². The maximum Gasteiger partial charge on any atom is 0.216 e. The van der Waals surface area contributed by atoms with Gasteiger partial charge in [-0.2, -0.15) is 0 Å². The second kappa shape index (κ2) is 16.8. The highest BCUT2D eigenvalue weighted by atomic mass is 16.3. The van der Waals surface area contributed by atoms with E-state index < -0.39 is 12.2 Å². The van der Waals surface area contributed by atoms with Crippen LogP contribution in [0.3, 0.4) is 0 Å². The van der Waals surface area contributed by atoms with E-state index >= 15 is 0 Å². The summed E-state index contributed by atoms with van der Waals surface area (Å²) in [5.74, 6) is -0.183. The first-order valence-corrected chi connectivity index (χ1v) is 9.85. The SMILES string of the molecule is CC(=O)NCC(O)CC(O)CCCCCC(O)CCCCCCCO. The summed E-state index contributed by atoms with van der Waals surface area (Å²) in [7, 11) is 0. The zero-order chi connectivity index (χ0) is 18.9. The Morgan fingerprint density at radius 3 is 1.80 bits per heavy atom. The molecule has 0 heterocycles. The lowest BCUT2D eigenvalue weighted by molar-refractivity contribution is -0.119. The molecule has 3 atom stereocenters. The summed E-state index contributed by atoms with van der Waals surface area (Å²) in [6, 6.07) is 0. The highest BCUT2D eigenvalue weighted by Gasteiger charge is 2.12. The molecule has 0 radical (unpaired) electrons. The van der Waals surface area contributed by atoms with Gasteiger partial charge >= 0.3 is 0 Å². The van der Waals surface area contributed by atoms with Gasteiger partial charge in [0.25, 0.3) is 0 Å². The van der Waals surface area contributed by atoms with E-state index in [2.05, 4.69) is 5.32 Å². The van der Waals surface area contributed by atoms with Crippen molar-refractivity contribution >= 4 is 5.91 Å². The Morgan fingerprint density at radius 2 is 1.24 bits per heavy atom. The van der Waals surface area contributed by atoms with Crippen molar-refractivity contribution in [2.24, 2.45) is 0 Å². The molecule has 0 aliphatic heterocycles. The van der Waals surface area contributed by atoms with Crippen LogP contribution in [0.1, 0.15) is 84.0 Å². The Balaban J connectivity index is 3.44. The summed E-state index contributed by atoms with van der Waals surface area (Å²) in [5.41, 5.74) is 0. The molecule has 0 saturated heterocycles. The van der Waals surface area contributed by atoms with Crippen molar-refractivity contribution in [3.05, 3.63) is 0 Å². The van der Waals surface area contributed by atoms with Crippen molar-refractivity contribution in [3.63, 3.8) is 0 Å². The topological polar surface area (TPSA) is 110 Å². The number of hydrogen-bond acceptors (Lipinski definition) is 5. The molecule has 1 amide bonds. The molecule has 0 aromatic heterocycles. The molecule has 0 bridgehead atoms. The van der Waals surface area contributed by atoms with Crippen molar-refractivity contribution in [3.8, 4) is 0 Å². The lowest BCUT2D eigenvalue weighted by atomic mass is 10.0. The molecule has 0 aromatic rings. The van der Waals surface area contributed by atoms with Gasteiger partial charge in [-0.1, -0.05) is 44.9 Å². The van der Waals surface area contributed by atoms with Gasteiger partial charge in [-0.15, -0.1) is 0 Å².